The van der Waals surface area contributed by atoms with Crippen LogP contribution in [0, 0.1) is 6.92 Å². The summed E-state index contributed by atoms with van der Waals surface area (Å²) in [6.45, 7) is 5.72. The van der Waals surface area contributed by atoms with Gasteiger partial charge in [0.1, 0.15) is 6.04 Å². The number of nitrogens with zero attached hydrogens (tertiary/aromatic N) is 2. The number of anilines is 2. The third-order valence-electron chi connectivity index (χ3n) is 9.09. The molecule has 3 aromatic carbocycles. The topological polar surface area (TPSA) is 115 Å². The van der Waals surface area contributed by atoms with E-state index >= 15 is 0 Å². The number of hydrogen-bond acceptors (Lipinski definition) is 5. The number of likely N-dealkylation sites (tertiary alicyclic amines) is 1. The zero-order valence-corrected chi connectivity index (χ0v) is 26.0. The van der Waals surface area contributed by atoms with Crippen molar-refractivity contribution in [3.8, 4) is 0 Å². The summed E-state index contributed by atoms with van der Waals surface area (Å²) < 4.78 is 0. The first-order valence-corrected chi connectivity index (χ1v) is 15.6. The largest absolute Gasteiger partial charge is 0.370 e. The van der Waals surface area contributed by atoms with Crippen LogP contribution in [0.25, 0.3) is 10.8 Å². The normalized spacial score (nSPS) is 19.2. The van der Waals surface area contributed by atoms with Crippen LogP contribution in [0.2, 0.25) is 0 Å². The van der Waals surface area contributed by atoms with Gasteiger partial charge in [-0.25, -0.2) is 0 Å². The summed E-state index contributed by atoms with van der Waals surface area (Å²) in [7, 11) is 1.73. The molecule has 1 saturated heterocycles. The highest BCUT2D eigenvalue weighted by molar-refractivity contribution is 5.98. The SMILES string of the molecule is Cc1cc2ccc1C(C)CCC(=O)Nc1ccc(C(=O)N3CCCC3)c(c1)CN(C)C(=O)C2Nc1ccc2cc[nH]c(=O)c2c1. The minimum Gasteiger partial charge on any atom is -0.370 e. The smallest absolute Gasteiger partial charge is 0.255 e. The van der Waals surface area contributed by atoms with Crippen LogP contribution in [0.4, 0.5) is 11.4 Å². The number of fused-ring (bicyclic) bond motifs is 10. The number of carbonyl (C=O) groups excluding carboxylic acids is 3. The standard InChI is InChI=1S/C36H39N5O4/c1-22-6-13-32(42)38-27-10-12-30(35(44)41-16-4-5-17-41)26(19-27)21-40(3)36(45)33(25-8-11-29(22)23(2)18-25)39-28-9-7-24-14-15-37-34(43)31(24)20-28/h7-12,14-15,18-20,22,33,39H,4-6,13,16-17,21H2,1-3H3,(H,37,43)(H,38,42). The zero-order chi connectivity index (χ0) is 31.7. The van der Waals surface area contributed by atoms with Crippen LogP contribution in [0.15, 0.2) is 71.7 Å². The third kappa shape index (κ3) is 6.34. The van der Waals surface area contributed by atoms with Crippen LogP contribution >= 0.6 is 0 Å². The molecule has 0 aliphatic carbocycles. The molecule has 0 spiro atoms. The van der Waals surface area contributed by atoms with E-state index < -0.39 is 6.04 Å². The van der Waals surface area contributed by atoms with E-state index in [0.29, 0.717) is 53.8 Å². The molecule has 3 amide bonds. The highest BCUT2D eigenvalue weighted by Crippen LogP contribution is 2.31. The summed E-state index contributed by atoms with van der Waals surface area (Å²) >= 11 is 0. The van der Waals surface area contributed by atoms with E-state index in [2.05, 4.69) is 22.5 Å². The first-order valence-electron chi connectivity index (χ1n) is 15.6. The van der Waals surface area contributed by atoms with Gasteiger partial charge in [-0.1, -0.05) is 31.2 Å². The number of aromatic nitrogens is 1. The number of likely N-dealkylation sites (N-methyl/N-ethyl adjacent to an activating group) is 1. The summed E-state index contributed by atoms with van der Waals surface area (Å²) in [4.78, 5) is 59.6. The second-order valence-electron chi connectivity index (χ2n) is 12.4. The van der Waals surface area contributed by atoms with E-state index in [9.17, 15) is 19.2 Å². The number of H-pyrrole nitrogens is 1. The van der Waals surface area contributed by atoms with Crippen molar-refractivity contribution >= 4 is 39.9 Å². The van der Waals surface area contributed by atoms with Crippen molar-refractivity contribution in [3.05, 3.63) is 105 Å². The molecule has 3 aliphatic rings. The fourth-order valence-corrected chi connectivity index (χ4v) is 6.54. The molecular weight excluding hydrogens is 566 g/mol. The molecular formula is C36H39N5O4. The molecule has 0 saturated carbocycles. The number of rotatable bonds is 3. The number of benzene rings is 3. The quantitative estimate of drug-likeness (QED) is 0.276. The number of aromatic amines is 1. The Morgan fingerprint density at radius 1 is 0.956 bits per heavy atom. The molecule has 3 N–H and O–H groups in total. The number of hydrogen-bond donors (Lipinski definition) is 3. The molecule has 4 heterocycles. The van der Waals surface area contributed by atoms with E-state index in [4.69, 9.17) is 0 Å². The molecule has 1 aromatic heterocycles. The van der Waals surface area contributed by atoms with Crippen LogP contribution in [-0.2, 0) is 16.1 Å². The van der Waals surface area contributed by atoms with E-state index in [1.54, 1.807) is 36.3 Å². The molecule has 7 rings (SSSR count). The number of amides is 3. The van der Waals surface area contributed by atoms with Crippen LogP contribution < -0.4 is 16.2 Å². The van der Waals surface area contributed by atoms with E-state index in [1.807, 2.05) is 54.3 Å². The predicted octanol–water partition coefficient (Wildman–Crippen LogP) is 5.72. The molecule has 4 bridgehead atoms. The fourth-order valence-electron chi connectivity index (χ4n) is 6.54. The molecule has 1 fully saturated rings. The Morgan fingerprint density at radius 3 is 2.53 bits per heavy atom. The van der Waals surface area contributed by atoms with Crippen LogP contribution in [0.5, 0.6) is 0 Å². The van der Waals surface area contributed by atoms with Gasteiger partial charge in [0.05, 0.1) is 0 Å². The molecule has 2 atom stereocenters. The number of nitrogens with one attached hydrogen (secondary N) is 3. The Balaban J connectivity index is 1.41. The van der Waals surface area contributed by atoms with Crippen molar-refractivity contribution in [2.45, 2.75) is 58.0 Å². The van der Waals surface area contributed by atoms with Gasteiger partial charge in [-0.05, 0) is 96.1 Å². The Bertz CT molecular complexity index is 1840. The van der Waals surface area contributed by atoms with Crippen molar-refractivity contribution in [1.82, 2.24) is 14.8 Å². The minimum atomic E-state index is -0.758. The van der Waals surface area contributed by atoms with Gasteiger partial charge in [0.25, 0.3) is 11.5 Å². The monoisotopic (exact) mass is 605 g/mol. The maximum absolute atomic E-state index is 14.4. The Morgan fingerprint density at radius 2 is 1.76 bits per heavy atom. The minimum absolute atomic E-state index is 0.0632. The van der Waals surface area contributed by atoms with Gasteiger partial charge in [-0.15, -0.1) is 0 Å². The average Bonchev–Trinajstić information content (AvgIpc) is 3.57. The number of pyridine rings is 1. The van der Waals surface area contributed by atoms with Gasteiger partial charge in [-0.3, -0.25) is 19.2 Å². The molecule has 9 nitrogen and oxygen atoms in total. The first kappa shape index (κ1) is 30.1. The zero-order valence-electron chi connectivity index (χ0n) is 26.0. The first-order chi connectivity index (χ1) is 21.7. The van der Waals surface area contributed by atoms with Crippen molar-refractivity contribution in [2.75, 3.05) is 30.8 Å². The Hall–Kier alpha value is -4.92. The predicted molar refractivity (Wildman–Crippen MR) is 176 cm³/mol. The van der Waals surface area contributed by atoms with Gasteiger partial charge >= 0.3 is 0 Å². The van der Waals surface area contributed by atoms with Crippen LogP contribution in [-0.4, -0.2) is 52.6 Å². The molecule has 232 valence electrons. The molecule has 0 radical (unpaired) electrons. The van der Waals surface area contributed by atoms with E-state index in [1.165, 1.54) is 0 Å². The van der Waals surface area contributed by atoms with Gasteiger partial charge < -0.3 is 25.4 Å². The lowest BCUT2D eigenvalue weighted by molar-refractivity contribution is -0.131. The average molecular weight is 606 g/mol. The van der Waals surface area contributed by atoms with Crippen LogP contribution in [0.3, 0.4) is 0 Å². The summed E-state index contributed by atoms with van der Waals surface area (Å²) in [5, 5.41) is 7.76. The highest BCUT2D eigenvalue weighted by Gasteiger charge is 2.28. The summed E-state index contributed by atoms with van der Waals surface area (Å²) in [5.74, 6) is -0.216. The second kappa shape index (κ2) is 12.6. The lowest BCUT2D eigenvalue weighted by Crippen LogP contribution is -2.36. The molecule has 4 aromatic rings. The van der Waals surface area contributed by atoms with Crippen molar-refractivity contribution in [1.29, 1.82) is 0 Å². The maximum atomic E-state index is 14.4. The fraction of sp³-hybridized carbons (Fsp3) is 0.333. The Kier molecular flexibility index (Phi) is 8.43. The van der Waals surface area contributed by atoms with Crippen molar-refractivity contribution in [2.24, 2.45) is 0 Å². The summed E-state index contributed by atoms with van der Waals surface area (Å²) in [6.07, 6.45) is 4.58. The molecule has 45 heavy (non-hydrogen) atoms. The van der Waals surface area contributed by atoms with E-state index in [0.717, 1.165) is 34.9 Å². The molecule has 2 unspecified atom stereocenters. The van der Waals surface area contributed by atoms with Gasteiger partial charge in [0.2, 0.25) is 11.8 Å². The molecule has 9 heteroatoms. The number of aryl methyl sites for hydroxylation is 1. The third-order valence-corrected chi connectivity index (χ3v) is 9.09. The van der Waals surface area contributed by atoms with E-state index in [-0.39, 0.29) is 35.7 Å². The summed E-state index contributed by atoms with van der Waals surface area (Å²) in [6, 6.07) is 18.0. The van der Waals surface area contributed by atoms with Gasteiger partial charge in [0, 0.05) is 61.6 Å². The lowest BCUT2D eigenvalue weighted by Gasteiger charge is -2.28. The van der Waals surface area contributed by atoms with Crippen LogP contribution in [0.1, 0.15) is 77.2 Å². The second-order valence-corrected chi connectivity index (χ2v) is 12.4. The van der Waals surface area contributed by atoms with Crippen molar-refractivity contribution in [3.63, 3.8) is 0 Å². The molecule has 3 aliphatic heterocycles. The number of carbonyl (C=O) groups is 3. The highest BCUT2D eigenvalue weighted by atomic mass is 16.2. The maximum Gasteiger partial charge on any atom is 0.255 e. The Labute approximate surface area is 262 Å². The van der Waals surface area contributed by atoms with Gasteiger partial charge in [0.15, 0.2) is 0 Å². The lowest BCUT2D eigenvalue weighted by atomic mass is 9.89. The van der Waals surface area contributed by atoms with Gasteiger partial charge in [-0.2, -0.15) is 0 Å². The van der Waals surface area contributed by atoms with Crippen molar-refractivity contribution < 1.29 is 14.4 Å². The summed E-state index contributed by atoms with van der Waals surface area (Å²) in [5.41, 5.74) is 5.19.